The van der Waals surface area contributed by atoms with Gasteiger partial charge in [0.15, 0.2) is 0 Å². The van der Waals surface area contributed by atoms with Crippen molar-refractivity contribution in [1.29, 1.82) is 0 Å². The minimum Gasteiger partial charge on any atom is -0.339 e. The van der Waals surface area contributed by atoms with Gasteiger partial charge in [0.2, 0.25) is 5.91 Å². The molecule has 1 fully saturated rings. The van der Waals surface area contributed by atoms with Gasteiger partial charge in [-0.2, -0.15) is 0 Å². The number of hydrogen-bond donors (Lipinski definition) is 1. The van der Waals surface area contributed by atoms with Crippen molar-refractivity contribution in [3.63, 3.8) is 0 Å². The van der Waals surface area contributed by atoms with Crippen LogP contribution in [0.2, 0.25) is 0 Å². The van der Waals surface area contributed by atoms with Crippen LogP contribution in [0.5, 0.6) is 0 Å². The predicted octanol–water partition coefficient (Wildman–Crippen LogP) is 1.15. The van der Waals surface area contributed by atoms with Gasteiger partial charge in [-0.1, -0.05) is 13.5 Å². The molecule has 0 aliphatic carbocycles. The molecule has 2 N–H and O–H groups in total. The van der Waals surface area contributed by atoms with E-state index in [1.54, 1.807) is 0 Å². The second kappa shape index (κ2) is 5.15. The number of nitrogens with zero attached hydrogens (tertiary/aromatic N) is 1. The van der Waals surface area contributed by atoms with Crippen molar-refractivity contribution in [3.8, 4) is 0 Å². The van der Waals surface area contributed by atoms with Crippen LogP contribution in [0.3, 0.4) is 0 Å². The normalized spacial score (nSPS) is 23.4. The first kappa shape index (κ1) is 11.2. The maximum atomic E-state index is 11.7. The van der Waals surface area contributed by atoms with E-state index in [2.05, 4.69) is 13.5 Å². The minimum absolute atomic E-state index is 0.254. The van der Waals surface area contributed by atoms with Gasteiger partial charge in [-0.05, 0) is 24.3 Å². The largest absolute Gasteiger partial charge is 0.339 e. The van der Waals surface area contributed by atoms with E-state index in [0.717, 1.165) is 25.0 Å². The topological polar surface area (TPSA) is 46.3 Å². The van der Waals surface area contributed by atoms with Gasteiger partial charge in [-0.3, -0.25) is 4.79 Å². The van der Waals surface area contributed by atoms with Crippen LogP contribution in [0, 0.1) is 5.92 Å². The molecular formula is C11H20N2O. The predicted molar refractivity (Wildman–Crippen MR) is 57.8 cm³/mol. The summed E-state index contributed by atoms with van der Waals surface area (Å²) < 4.78 is 0. The number of rotatable bonds is 3. The molecule has 3 nitrogen and oxygen atoms in total. The van der Waals surface area contributed by atoms with Crippen molar-refractivity contribution in [1.82, 2.24) is 4.90 Å². The number of carbonyl (C=O) groups is 1. The van der Waals surface area contributed by atoms with E-state index in [-0.39, 0.29) is 5.91 Å². The molecule has 1 unspecified atom stereocenters. The molecule has 0 aromatic heterocycles. The van der Waals surface area contributed by atoms with Gasteiger partial charge in [0.1, 0.15) is 0 Å². The second-order valence-corrected chi connectivity index (χ2v) is 4.20. The lowest BCUT2D eigenvalue weighted by atomic mass is 10.0. The maximum absolute atomic E-state index is 11.7. The Morgan fingerprint density at radius 2 is 2.36 bits per heavy atom. The van der Waals surface area contributed by atoms with Gasteiger partial charge in [0.25, 0.3) is 0 Å². The third-order valence-corrected chi connectivity index (χ3v) is 2.80. The van der Waals surface area contributed by atoms with Gasteiger partial charge < -0.3 is 10.6 Å². The molecule has 0 aromatic carbocycles. The SMILES string of the molecule is C=C(CN)CN1CCC(C)CCC1=O. The highest BCUT2D eigenvalue weighted by Crippen LogP contribution is 2.17. The molecule has 1 aliphatic rings. The molecule has 0 saturated carbocycles. The molecule has 1 rings (SSSR count). The molecule has 0 radical (unpaired) electrons. The fourth-order valence-corrected chi connectivity index (χ4v) is 1.67. The van der Waals surface area contributed by atoms with E-state index in [4.69, 9.17) is 5.73 Å². The lowest BCUT2D eigenvalue weighted by Gasteiger charge is -2.21. The summed E-state index contributed by atoms with van der Waals surface area (Å²) >= 11 is 0. The van der Waals surface area contributed by atoms with Crippen LogP contribution in [0.25, 0.3) is 0 Å². The van der Waals surface area contributed by atoms with E-state index in [0.29, 0.717) is 25.4 Å². The number of carbonyl (C=O) groups excluding carboxylic acids is 1. The molecule has 1 aliphatic heterocycles. The molecule has 0 bridgehead atoms. The van der Waals surface area contributed by atoms with Crippen molar-refractivity contribution < 1.29 is 4.79 Å². The van der Waals surface area contributed by atoms with E-state index >= 15 is 0 Å². The Labute approximate surface area is 86.0 Å². The maximum Gasteiger partial charge on any atom is 0.222 e. The molecule has 1 heterocycles. The quantitative estimate of drug-likeness (QED) is 0.688. The third-order valence-electron chi connectivity index (χ3n) is 2.80. The van der Waals surface area contributed by atoms with E-state index in [1.165, 1.54) is 0 Å². The van der Waals surface area contributed by atoms with Gasteiger partial charge in [-0.15, -0.1) is 0 Å². The van der Waals surface area contributed by atoms with Gasteiger partial charge in [0, 0.05) is 26.1 Å². The second-order valence-electron chi connectivity index (χ2n) is 4.20. The summed E-state index contributed by atoms with van der Waals surface area (Å²) in [6, 6.07) is 0. The van der Waals surface area contributed by atoms with Crippen molar-refractivity contribution in [2.75, 3.05) is 19.6 Å². The summed E-state index contributed by atoms with van der Waals surface area (Å²) in [5.74, 6) is 0.916. The van der Waals surface area contributed by atoms with E-state index in [1.807, 2.05) is 4.90 Å². The number of hydrogen-bond acceptors (Lipinski definition) is 2. The van der Waals surface area contributed by atoms with Crippen molar-refractivity contribution >= 4 is 5.91 Å². The van der Waals surface area contributed by atoms with Crippen LogP contribution in [0.1, 0.15) is 26.2 Å². The van der Waals surface area contributed by atoms with Crippen LogP contribution >= 0.6 is 0 Å². The summed E-state index contributed by atoms with van der Waals surface area (Å²) in [5.41, 5.74) is 6.40. The molecule has 80 valence electrons. The highest BCUT2D eigenvalue weighted by atomic mass is 16.2. The molecule has 0 spiro atoms. The number of amides is 1. The van der Waals surface area contributed by atoms with Crippen LogP contribution in [-0.4, -0.2) is 30.4 Å². The first-order chi connectivity index (χ1) is 6.63. The molecule has 1 amide bonds. The summed E-state index contributed by atoms with van der Waals surface area (Å²) in [5, 5.41) is 0. The first-order valence-electron chi connectivity index (χ1n) is 5.28. The molecule has 0 aromatic rings. The van der Waals surface area contributed by atoms with Crippen LogP contribution in [0.15, 0.2) is 12.2 Å². The minimum atomic E-state index is 0.254. The van der Waals surface area contributed by atoms with Crippen molar-refractivity contribution in [2.24, 2.45) is 11.7 Å². The van der Waals surface area contributed by atoms with Gasteiger partial charge in [0.05, 0.1) is 0 Å². The Morgan fingerprint density at radius 1 is 1.64 bits per heavy atom. The molecule has 3 heteroatoms. The zero-order chi connectivity index (χ0) is 10.6. The lowest BCUT2D eigenvalue weighted by Crippen LogP contribution is -2.33. The lowest BCUT2D eigenvalue weighted by molar-refractivity contribution is -0.130. The summed E-state index contributed by atoms with van der Waals surface area (Å²) in [6.07, 6.45) is 2.80. The average molecular weight is 196 g/mol. The van der Waals surface area contributed by atoms with Crippen molar-refractivity contribution in [3.05, 3.63) is 12.2 Å². The smallest absolute Gasteiger partial charge is 0.222 e. The molecular weight excluding hydrogens is 176 g/mol. The van der Waals surface area contributed by atoms with Crippen LogP contribution < -0.4 is 5.73 Å². The van der Waals surface area contributed by atoms with Crippen molar-refractivity contribution in [2.45, 2.75) is 26.2 Å². The first-order valence-corrected chi connectivity index (χ1v) is 5.28. The summed E-state index contributed by atoms with van der Waals surface area (Å²) in [4.78, 5) is 13.5. The van der Waals surface area contributed by atoms with Gasteiger partial charge >= 0.3 is 0 Å². The Bertz CT molecular complexity index is 225. The van der Waals surface area contributed by atoms with Crippen LogP contribution in [0.4, 0.5) is 0 Å². The Hall–Kier alpha value is -0.830. The highest BCUT2D eigenvalue weighted by molar-refractivity contribution is 5.76. The Morgan fingerprint density at radius 3 is 3.00 bits per heavy atom. The average Bonchev–Trinajstić information content (AvgIpc) is 2.33. The van der Waals surface area contributed by atoms with Crippen LogP contribution in [-0.2, 0) is 4.79 Å². The number of nitrogens with two attached hydrogens (primary N) is 1. The molecule has 1 saturated heterocycles. The fourth-order valence-electron chi connectivity index (χ4n) is 1.67. The molecule has 1 atom stereocenters. The summed E-state index contributed by atoms with van der Waals surface area (Å²) in [6.45, 7) is 8.01. The standard InChI is InChI=1S/C11H20N2O/c1-9-3-4-11(14)13(6-5-9)8-10(2)7-12/h9H,2-8,12H2,1H3. The monoisotopic (exact) mass is 196 g/mol. The Balaban J connectivity index is 2.49. The number of likely N-dealkylation sites (tertiary alicyclic amines) is 1. The van der Waals surface area contributed by atoms with E-state index in [9.17, 15) is 4.79 Å². The third kappa shape index (κ3) is 3.14. The zero-order valence-corrected chi connectivity index (χ0v) is 8.96. The molecule has 14 heavy (non-hydrogen) atoms. The summed E-state index contributed by atoms with van der Waals surface area (Å²) in [7, 11) is 0. The zero-order valence-electron chi connectivity index (χ0n) is 8.96. The fraction of sp³-hybridized carbons (Fsp3) is 0.727. The highest BCUT2D eigenvalue weighted by Gasteiger charge is 2.19. The van der Waals surface area contributed by atoms with E-state index < -0.39 is 0 Å². The Kier molecular flexibility index (Phi) is 4.14. The van der Waals surface area contributed by atoms with Gasteiger partial charge in [-0.25, -0.2) is 0 Å².